The first-order valence-corrected chi connectivity index (χ1v) is 10.8. The van der Waals surface area contributed by atoms with Crippen LogP contribution in [0.15, 0.2) is 67.0 Å². The lowest BCUT2D eigenvalue weighted by atomic mass is 9.98. The molecule has 7 nitrogen and oxygen atoms in total. The maximum absolute atomic E-state index is 13.5. The van der Waals surface area contributed by atoms with Crippen LogP contribution in [-0.4, -0.2) is 48.1 Å². The summed E-state index contributed by atoms with van der Waals surface area (Å²) in [6.45, 7) is 3.83. The van der Waals surface area contributed by atoms with Crippen molar-refractivity contribution in [1.82, 2.24) is 20.1 Å². The van der Waals surface area contributed by atoms with Crippen molar-refractivity contribution in [3.8, 4) is 33.8 Å². The number of methoxy groups -OCH3 is 1. The van der Waals surface area contributed by atoms with E-state index >= 15 is 0 Å². The van der Waals surface area contributed by atoms with Gasteiger partial charge in [0.15, 0.2) is 0 Å². The van der Waals surface area contributed by atoms with Crippen LogP contribution in [0.5, 0.6) is 5.75 Å². The van der Waals surface area contributed by atoms with Gasteiger partial charge >= 0.3 is 0 Å². The molecule has 1 saturated heterocycles. The van der Waals surface area contributed by atoms with E-state index in [4.69, 9.17) is 10.5 Å². The minimum Gasteiger partial charge on any atom is -0.496 e. The molecular formula is C25H25FN6O. The predicted molar refractivity (Wildman–Crippen MR) is 128 cm³/mol. The van der Waals surface area contributed by atoms with E-state index < -0.39 is 0 Å². The molecule has 1 fully saturated rings. The van der Waals surface area contributed by atoms with Crippen molar-refractivity contribution in [2.24, 2.45) is 0 Å². The summed E-state index contributed by atoms with van der Waals surface area (Å²) in [6, 6.07) is 16.2. The molecule has 0 spiro atoms. The average molecular weight is 445 g/mol. The van der Waals surface area contributed by atoms with Gasteiger partial charge in [-0.3, -0.25) is 0 Å². The fourth-order valence-corrected chi connectivity index (χ4v) is 4.22. The molecule has 0 radical (unpaired) electrons. The van der Waals surface area contributed by atoms with Crippen LogP contribution in [-0.2, 0) is 0 Å². The number of nitrogens with one attached hydrogen (secondary N) is 1. The summed E-state index contributed by atoms with van der Waals surface area (Å²) in [7, 11) is 1.67. The smallest absolute Gasteiger partial charge is 0.128 e. The number of hydrogen-bond acceptors (Lipinski definition) is 6. The summed E-state index contributed by atoms with van der Waals surface area (Å²) in [5.41, 5.74) is 11.4. The summed E-state index contributed by atoms with van der Waals surface area (Å²) in [4.78, 5) is 6.69. The van der Waals surface area contributed by atoms with Gasteiger partial charge in [-0.05, 0) is 48.5 Å². The highest BCUT2D eigenvalue weighted by atomic mass is 19.1. The predicted octanol–water partition coefficient (Wildman–Crippen LogP) is 3.74. The molecular weight excluding hydrogens is 419 g/mol. The van der Waals surface area contributed by atoms with Gasteiger partial charge in [-0.15, -0.1) is 0 Å². The molecule has 168 valence electrons. The molecule has 8 heteroatoms. The van der Waals surface area contributed by atoms with Crippen LogP contribution in [0.1, 0.15) is 0 Å². The first-order valence-electron chi connectivity index (χ1n) is 10.8. The van der Waals surface area contributed by atoms with Crippen LogP contribution in [0.4, 0.5) is 15.9 Å². The number of aromatic nitrogens is 3. The van der Waals surface area contributed by atoms with E-state index in [1.807, 2.05) is 12.1 Å². The Morgan fingerprint density at radius 2 is 1.70 bits per heavy atom. The Morgan fingerprint density at radius 1 is 0.939 bits per heavy atom. The molecule has 3 N–H and O–H groups in total. The fraction of sp³-hybridized carbons (Fsp3) is 0.200. The fourth-order valence-electron chi connectivity index (χ4n) is 4.22. The second kappa shape index (κ2) is 8.91. The van der Waals surface area contributed by atoms with Crippen LogP contribution in [0, 0.1) is 5.82 Å². The zero-order valence-corrected chi connectivity index (χ0v) is 18.3. The molecule has 33 heavy (non-hydrogen) atoms. The maximum atomic E-state index is 13.5. The largest absolute Gasteiger partial charge is 0.496 e. The molecule has 4 aromatic rings. The second-order valence-corrected chi connectivity index (χ2v) is 7.88. The molecule has 0 bridgehead atoms. The molecule has 0 aliphatic carbocycles. The number of piperazine rings is 1. The quantitative estimate of drug-likeness (QED) is 0.488. The molecule has 0 amide bonds. The van der Waals surface area contributed by atoms with Crippen molar-refractivity contribution >= 4 is 11.5 Å². The van der Waals surface area contributed by atoms with Gasteiger partial charge in [0.1, 0.15) is 17.4 Å². The van der Waals surface area contributed by atoms with Gasteiger partial charge in [0.25, 0.3) is 0 Å². The molecule has 3 heterocycles. The van der Waals surface area contributed by atoms with Crippen molar-refractivity contribution in [2.45, 2.75) is 0 Å². The van der Waals surface area contributed by atoms with E-state index in [1.165, 1.54) is 12.1 Å². The van der Waals surface area contributed by atoms with Gasteiger partial charge in [-0.2, -0.15) is 5.10 Å². The van der Waals surface area contributed by atoms with Crippen molar-refractivity contribution in [1.29, 1.82) is 0 Å². The van der Waals surface area contributed by atoms with Crippen molar-refractivity contribution in [3.63, 3.8) is 0 Å². The number of nitrogens with two attached hydrogens (primary N) is 1. The lowest BCUT2D eigenvalue weighted by Gasteiger charge is -2.30. The van der Waals surface area contributed by atoms with Gasteiger partial charge < -0.3 is 20.7 Å². The second-order valence-electron chi connectivity index (χ2n) is 7.88. The lowest BCUT2D eigenvalue weighted by molar-refractivity contribution is 0.416. The number of halogens is 1. The Kier molecular flexibility index (Phi) is 5.66. The maximum Gasteiger partial charge on any atom is 0.128 e. The van der Waals surface area contributed by atoms with Crippen molar-refractivity contribution in [2.75, 3.05) is 43.9 Å². The van der Waals surface area contributed by atoms with E-state index in [0.717, 1.165) is 65.7 Å². The highest BCUT2D eigenvalue weighted by Crippen LogP contribution is 2.40. The van der Waals surface area contributed by atoms with Gasteiger partial charge in [0, 0.05) is 60.8 Å². The first-order chi connectivity index (χ1) is 16.1. The number of nitrogens with zero attached hydrogens (tertiary/aromatic N) is 4. The monoisotopic (exact) mass is 444 g/mol. The van der Waals surface area contributed by atoms with E-state index in [9.17, 15) is 4.39 Å². The number of nitrogen functional groups attached to an aromatic ring is 1. The SMILES string of the molecule is COc1cc(N2CCNCC2)ccc1-c1cnc(N)cc1-c1ccnn1-c1ccc(F)cc1. The third kappa shape index (κ3) is 4.12. The van der Waals surface area contributed by atoms with Crippen molar-refractivity contribution < 1.29 is 9.13 Å². The molecule has 0 unspecified atom stereocenters. The summed E-state index contributed by atoms with van der Waals surface area (Å²) in [5.74, 6) is 0.860. The van der Waals surface area contributed by atoms with Crippen LogP contribution >= 0.6 is 0 Å². The Labute approximate surface area is 191 Å². The molecule has 1 aliphatic rings. The number of pyridine rings is 1. The third-order valence-corrected chi connectivity index (χ3v) is 5.87. The van der Waals surface area contributed by atoms with Crippen LogP contribution in [0.2, 0.25) is 0 Å². The van der Waals surface area contributed by atoms with E-state index in [-0.39, 0.29) is 5.82 Å². The lowest BCUT2D eigenvalue weighted by Crippen LogP contribution is -2.43. The molecule has 0 saturated carbocycles. The highest BCUT2D eigenvalue weighted by Gasteiger charge is 2.19. The summed E-state index contributed by atoms with van der Waals surface area (Å²) in [6.07, 6.45) is 3.47. The average Bonchev–Trinajstić information content (AvgIpc) is 3.34. The number of rotatable bonds is 5. The van der Waals surface area contributed by atoms with Crippen LogP contribution in [0.25, 0.3) is 28.1 Å². The van der Waals surface area contributed by atoms with E-state index in [0.29, 0.717) is 5.82 Å². The van der Waals surface area contributed by atoms with Gasteiger partial charge in [-0.25, -0.2) is 14.1 Å². The standard InChI is InChI=1S/C25H25FN6O/c1-33-24-14-19(31-12-10-28-11-13-31)6-7-20(24)22-16-29-25(27)15-21(22)23-8-9-30-32(23)18-4-2-17(26)3-5-18/h2-9,14-16,28H,10-13H2,1H3,(H2,27,29). The summed E-state index contributed by atoms with van der Waals surface area (Å²) >= 11 is 0. The van der Waals surface area contributed by atoms with Gasteiger partial charge in [-0.1, -0.05) is 0 Å². The zero-order chi connectivity index (χ0) is 22.8. The van der Waals surface area contributed by atoms with Crippen LogP contribution < -0.4 is 20.7 Å². The molecule has 1 aliphatic heterocycles. The molecule has 2 aromatic carbocycles. The summed E-state index contributed by atoms with van der Waals surface area (Å²) < 4.78 is 21.0. The third-order valence-electron chi connectivity index (χ3n) is 5.87. The normalized spacial score (nSPS) is 13.8. The zero-order valence-electron chi connectivity index (χ0n) is 18.3. The molecule has 5 rings (SSSR count). The highest BCUT2D eigenvalue weighted by molar-refractivity contribution is 5.87. The Hall–Kier alpha value is -3.91. The number of benzene rings is 2. The minimum atomic E-state index is -0.296. The molecule has 2 aromatic heterocycles. The number of anilines is 2. The Balaban J connectivity index is 1.61. The topological polar surface area (TPSA) is 81.2 Å². The summed E-state index contributed by atoms with van der Waals surface area (Å²) in [5, 5.41) is 7.84. The Morgan fingerprint density at radius 3 is 2.45 bits per heavy atom. The number of hydrogen-bond donors (Lipinski definition) is 2. The Bertz CT molecular complexity index is 1260. The number of ether oxygens (including phenoxy) is 1. The molecule has 0 atom stereocenters. The van der Waals surface area contributed by atoms with Crippen LogP contribution in [0.3, 0.4) is 0 Å². The van der Waals surface area contributed by atoms with Crippen molar-refractivity contribution in [3.05, 3.63) is 72.8 Å². The minimum absolute atomic E-state index is 0.296. The van der Waals surface area contributed by atoms with Gasteiger partial charge in [0.05, 0.1) is 24.7 Å². The van der Waals surface area contributed by atoms with E-state index in [2.05, 4.69) is 38.5 Å². The van der Waals surface area contributed by atoms with Gasteiger partial charge in [0.2, 0.25) is 0 Å². The van der Waals surface area contributed by atoms with E-state index in [1.54, 1.807) is 36.3 Å². The first kappa shape index (κ1) is 21.0.